The first kappa shape index (κ1) is 19.7. The Balaban J connectivity index is 5.32. The van der Waals surface area contributed by atoms with E-state index in [1.165, 1.54) is 0 Å². The van der Waals surface area contributed by atoms with E-state index in [0.717, 1.165) is 6.92 Å². The molecule has 5 nitrogen and oxygen atoms in total. The molecule has 0 aromatic carbocycles. The van der Waals surface area contributed by atoms with Crippen molar-refractivity contribution in [3.8, 4) is 0 Å². The van der Waals surface area contributed by atoms with Gasteiger partial charge in [0.15, 0.2) is 6.79 Å². The van der Waals surface area contributed by atoms with Crippen molar-refractivity contribution in [1.82, 2.24) is 0 Å². The van der Waals surface area contributed by atoms with Gasteiger partial charge in [-0.15, -0.1) is 0 Å². The Labute approximate surface area is 117 Å². The summed E-state index contributed by atoms with van der Waals surface area (Å²) in [5.74, 6) is -11.4. The summed E-state index contributed by atoms with van der Waals surface area (Å²) < 4.78 is 73.1. The second-order valence-electron chi connectivity index (χ2n) is 4.75. The van der Waals surface area contributed by atoms with Crippen molar-refractivity contribution in [2.24, 2.45) is 0 Å². The number of rotatable bonds is 6. The molecule has 0 amide bonds. The van der Waals surface area contributed by atoms with Crippen molar-refractivity contribution in [2.45, 2.75) is 44.3 Å². The molecule has 0 heterocycles. The van der Waals surface area contributed by atoms with Crippen molar-refractivity contribution in [3.63, 3.8) is 0 Å². The van der Waals surface area contributed by atoms with E-state index < -0.39 is 36.2 Å². The highest BCUT2D eigenvalue weighted by atomic mass is 19.4. The van der Waals surface area contributed by atoms with E-state index in [1.54, 1.807) is 0 Å². The van der Waals surface area contributed by atoms with Crippen molar-refractivity contribution < 1.29 is 46.4 Å². The van der Waals surface area contributed by atoms with E-state index in [1.807, 2.05) is 0 Å². The number of aliphatic hydroxyl groups is 2. The van der Waals surface area contributed by atoms with E-state index >= 15 is 0 Å². The number of alkyl halides is 5. The fourth-order valence-corrected chi connectivity index (χ4v) is 1.06. The maximum absolute atomic E-state index is 13.7. The summed E-state index contributed by atoms with van der Waals surface area (Å²) in [5.41, 5.74) is -3.49. The second kappa shape index (κ2) is 5.85. The van der Waals surface area contributed by atoms with Crippen LogP contribution in [0.5, 0.6) is 0 Å². The summed E-state index contributed by atoms with van der Waals surface area (Å²) in [6.07, 6.45) is -5.97. The highest BCUT2D eigenvalue weighted by Gasteiger charge is 2.75. The number of carbonyl (C=O) groups is 1. The molecule has 0 spiro atoms. The van der Waals surface area contributed by atoms with Gasteiger partial charge in [0, 0.05) is 5.57 Å². The molecule has 0 aromatic rings. The molecular weight excluding hydrogens is 307 g/mol. The summed E-state index contributed by atoms with van der Waals surface area (Å²) in [6, 6.07) is 0. The van der Waals surface area contributed by atoms with E-state index in [2.05, 4.69) is 16.1 Å². The first-order valence-corrected chi connectivity index (χ1v) is 5.44. The molecule has 0 saturated carbocycles. The molecule has 0 aliphatic rings. The van der Waals surface area contributed by atoms with Crippen molar-refractivity contribution >= 4 is 5.97 Å². The summed E-state index contributed by atoms with van der Waals surface area (Å²) in [5, 5.41) is 18.3. The van der Waals surface area contributed by atoms with Crippen LogP contribution in [0.3, 0.4) is 0 Å². The van der Waals surface area contributed by atoms with Gasteiger partial charge in [-0.05, 0) is 20.8 Å². The van der Waals surface area contributed by atoms with Crippen LogP contribution in [0, 0.1) is 0 Å². The lowest BCUT2D eigenvalue weighted by Crippen LogP contribution is -2.68. The molecule has 0 fully saturated rings. The predicted octanol–water partition coefficient (Wildman–Crippen LogP) is 1.74. The van der Waals surface area contributed by atoms with E-state index in [9.17, 15) is 31.9 Å². The highest BCUT2D eigenvalue weighted by Crippen LogP contribution is 2.48. The Morgan fingerprint density at radius 3 is 1.86 bits per heavy atom. The fraction of sp³-hybridized carbons (Fsp3) is 0.727. The largest absolute Gasteiger partial charge is 0.449 e. The Hall–Kier alpha value is -1.26. The van der Waals surface area contributed by atoms with Crippen LogP contribution in [0.1, 0.15) is 20.8 Å². The van der Waals surface area contributed by atoms with Gasteiger partial charge in [0.2, 0.25) is 0 Å². The summed E-state index contributed by atoms with van der Waals surface area (Å²) in [7, 11) is 0. The van der Waals surface area contributed by atoms with Gasteiger partial charge >= 0.3 is 23.9 Å². The van der Waals surface area contributed by atoms with Crippen LogP contribution in [0.25, 0.3) is 0 Å². The van der Waals surface area contributed by atoms with Gasteiger partial charge in [0.05, 0.1) is 0 Å². The van der Waals surface area contributed by atoms with Crippen LogP contribution in [0.2, 0.25) is 0 Å². The van der Waals surface area contributed by atoms with E-state index in [-0.39, 0.29) is 5.57 Å². The number of ether oxygens (including phenoxy) is 2. The molecule has 124 valence electrons. The second-order valence-corrected chi connectivity index (χ2v) is 4.75. The standard InChI is InChI=1S/C11H15F5O5/c1-6(2)7(17)20-5-21-10(19,11(14,15)16)9(12,13)8(3,4)18/h18-19H,1,5H2,2-4H3. The zero-order chi connectivity index (χ0) is 17.3. The number of esters is 1. The lowest BCUT2D eigenvalue weighted by Gasteiger charge is -2.41. The van der Waals surface area contributed by atoms with Gasteiger partial charge in [-0.1, -0.05) is 6.58 Å². The van der Waals surface area contributed by atoms with Gasteiger partial charge < -0.3 is 14.9 Å². The third-order valence-electron chi connectivity index (χ3n) is 2.38. The Bertz CT molecular complexity index is 412. The SMILES string of the molecule is C=C(C)C(=O)OCOC(O)(C(F)(F)F)C(F)(F)C(C)(C)O. The number of halogens is 5. The predicted molar refractivity (Wildman–Crippen MR) is 59.1 cm³/mol. The van der Waals surface area contributed by atoms with Gasteiger partial charge in [0.25, 0.3) is 0 Å². The van der Waals surface area contributed by atoms with E-state index in [0.29, 0.717) is 13.8 Å². The molecule has 1 atom stereocenters. The lowest BCUT2D eigenvalue weighted by atomic mass is 9.92. The van der Waals surface area contributed by atoms with Crippen LogP contribution in [-0.2, 0) is 14.3 Å². The Morgan fingerprint density at radius 2 is 1.57 bits per heavy atom. The summed E-state index contributed by atoms with van der Waals surface area (Å²) in [4.78, 5) is 10.9. The molecule has 0 radical (unpaired) electrons. The van der Waals surface area contributed by atoms with Gasteiger partial charge in [0.1, 0.15) is 5.60 Å². The van der Waals surface area contributed by atoms with Gasteiger partial charge in [-0.3, -0.25) is 4.74 Å². The van der Waals surface area contributed by atoms with E-state index in [4.69, 9.17) is 5.11 Å². The monoisotopic (exact) mass is 322 g/mol. The molecule has 0 rings (SSSR count). The van der Waals surface area contributed by atoms with Gasteiger partial charge in [-0.2, -0.15) is 22.0 Å². The molecule has 0 bridgehead atoms. The maximum atomic E-state index is 13.7. The Morgan fingerprint density at radius 1 is 1.14 bits per heavy atom. The first-order chi connectivity index (χ1) is 9.08. The number of carbonyl (C=O) groups excluding carboxylic acids is 1. The minimum atomic E-state index is -5.97. The average molecular weight is 322 g/mol. The van der Waals surface area contributed by atoms with Crippen LogP contribution in [0.4, 0.5) is 22.0 Å². The third kappa shape index (κ3) is 3.89. The smallest absolute Gasteiger partial charge is 0.435 e. The van der Waals surface area contributed by atoms with Gasteiger partial charge in [-0.25, -0.2) is 4.79 Å². The normalized spacial score (nSPS) is 16.3. The molecule has 0 aromatic heterocycles. The van der Waals surface area contributed by atoms with Crippen molar-refractivity contribution in [2.75, 3.05) is 6.79 Å². The quantitative estimate of drug-likeness (QED) is 0.337. The van der Waals surface area contributed by atoms with Crippen LogP contribution in [0.15, 0.2) is 12.2 Å². The Kier molecular flexibility index (Phi) is 5.50. The zero-order valence-corrected chi connectivity index (χ0v) is 11.4. The van der Waals surface area contributed by atoms with Crippen molar-refractivity contribution in [1.29, 1.82) is 0 Å². The highest BCUT2D eigenvalue weighted by molar-refractivity contribution is 5.86. The topological polar surface area (TPSA) is 76.0 Å². The number of hydrogen-bond donors (Lipinski definition) is 2. The molecule has 0 aliphatic heterocycles. The fourth-order valence-electron chi connectivity index (χ4n) is 1.06. The molecule has 0 aliphatic carbocycles. The molecule has 21 heavy (non-hydrogen) atoms. The molecule has 0 saturated heterocycles. The summed E-state index contributed by atoms with van der Waals surface area (Å²) in [6.45, 7) is 3.35. The molecular formula is C11H15F5O5. The van der Waals surface area contributed by atoms with Crippen molar-refractivity contribution in [3.05, 3.63) is 12.2 Å². The lowest BCUT2D eigenvalue weighted by molar-refractivity contribution is -0.458. The average Bonchev–Trinajstić information content (AvgIpc) is 2.24. The minimum absolute atomic E-state index is 0.219. The molecule has 1 unspecified atom stereocenters. The van der Waals surface area contributed by atoms with Crippen LogP contribution < -0.4 is 0 Å². The first-order valence-electron chi connectivity index (χ1n) is 5.44. The molecule has 10 heteroatoms. The van der Waals surface area contributed by atoms with Crippen LogP contribution in [-0.4, -0.2) is 46.5 Å². The van der Waals surface area contributed by atoms with Crippen LogP contribution >= 0.6 is 0 Å². The zero-order valence-electron chi connectivity index (χ0n) is 11.4. The number of hydrogen-bond acceptors (Lipinski definition) is 5. The minimum Gasteiger partial charge on any atom is -0.435 e. The maximum Gasteiger partial charge on any atom is 0.449 e. The third-order valence-corrected chi connectivity index (χ3v) is 2.38. The summed E-state index contributed by atoms with van der Waals surface area (Å²) >= 11 is 0. The molecule has 2 N–H and O–H groups in total.